The predicted octanol–water partition coefficient (Wildman–Crippen LogP) is 11.2. The topological polar surface area (TPSA) is 335 Å². The number of fused-ring (bicyclic) bond motifs is 3. The highest BCUT2D eigenvalue weighted by Gasteiger charge is 2.65. The number of carbonyl (C=O) groups excluding carboxylic acids is 12. The van der Waals surface area contributed by atoms with Crippen LogP contribution in [0.25, 0.3) is 0 Å². The molecular weight excluding hydrogens is 1560 g/mol. The van der Waals surface area contributed by atoms with E-state index in [1.54, 1.807) is 84.9 Å². The number of amides is 6. The highest BCUT2D eigenvalue weighted by atomic mass is 28.4. The van der Waals surface area contributed by atoms with Crippen LogP contribution in [-0.4, -0.2) is 213 Å². The molecule has 28 nitrogen and oxygen atoms in total. The third-order valence-corrected chi connectivity index (χ3v) is 26.7. The van der Waals surface area contributed by atoms with Crippen LogP contribution in [0.3, 0.4) is 0 Å². The molecule has 6 heterocycles. The number of nitrogens with zero attached hydrogens (tertiary/aromatic N) is 3. The second-order valence-electron chi connectivity index (χ2n) is 30.6. The second-order valence-corrected chi connectivity index (χ2v) is 35.3. The molecule has 3 fully saturated rings. The van der Waals surface area contributed by atoms with Gasteiger partial charge in [-0.05, 0) is 127 Å². The van der Waals surface area contributed by atoms with E-state index in [4.69, 9.17) is 61.3 Å². The van der Waals surface area contributed by atoms with Crippen molar-refractivity contribution in [1.82, 2.24) is 14.7 Å². The Morgan fingerprint density at radius 3 is 0.775 bits per heavy atom. The number of hydrogen-bond acceptors (Lipinski definition) is 25. The summed E-state index contributed by atoms with van der Waals surface area (Å²) in [6, 6.07) is 56.7. The first-order chi connectivity index (χ1) is 57.9. The number of methoxy groups -OCH3 is 1. The van der Waals surface area contributed by atoms with E-state index in [0.717, 1.165) is 9.80 Å². The molecule has 9 aromatic rings. The summed E-state index contributed by atoms with van der Waals surface area (Å²) < 4.78 is 88.6. The second kappa shape index (κ2) is 35.0. The first-order valence-electron chi connectivity index (χ1n) is 38.7. The lowest BCUT2D eigenvalue weighted by molar-refractivity contribution is -0.358. The van der Waals surface area contributed by atoms with E-state index in [2.05, 4.69) is 0 Å². The molecule has 0 aromatic heterocycles. The Bertz CT molecular complexity index is 5290. The van der Waals surface area contributed by atoms with Crippen molar-refractivity contribution in [2.24, 2.45) is 0 Å². The van der Waals surface area contributed by atoms with Gasteiger partial charge in [0, 0.05) is 7.11 Å². The van der Waals surface area contributed by atoms with Crippen molar-refractivity contribution in [2.75, 3.05) is 26.9 Å². The maximum Gasteiger partial charge on any atom is 0.338 e. The van der Waals surface area contributed by atoms with Crippen LogP contribution in [0.2, 0.25) is 18.1 Å². The minimum atomic E-state index is -3.33. The summed E-state index contributed by atoms with van der Waals surface area (Å²) >= 11 is 0. The van der Waals surface area contributed by atoms with Gasteiger partial charge in [-0.1, -0.05) is 166 Å². The monoisotopic (exact) mass is 1640 g/mol. The number of rotatable bonds is 25. The van der Waals surface area contributed by atoms with E-state index in [1.165, 1.54) is 177 Å². The molecule has 15 unspecified atom stereocenters. The molecule has 0 N–H and O–H groups in total. The Hall–Kier alpha value is -12.8. The van der Waals surface area contributed by atoms with Gasteiger partial charge >= 0.3 is 35.8 Å². The first kappa shape index (κ1) is 82.3. The summed E-state index contributed by atoms with van der Waals surface area (Å²) in [5.74, 6) is -12.2. The van der Waals surface area contributed by atoms with Crippen molar-refractivity contribution in [3.05, 3.63) is 322 Å². The number of carbonyl (C=O) groups is 12. The highest BCUT2D eigenvalue weighted by molar-refractivity contribution is 6.74. The quantitative estimate of drug-likeness (QED) is 0.0222. The Labute approximate surface area is 689 Å². The Morgan fingerprint density at radius 2 is 0.525 bits per heavy atom. The highest BCUT2D eigenvalue weighted by Crippen LogP contribution is 2.46. The van der Waals surface area contributed by atoms with Gasteiger partial charge in [-0.25, -0.2) is 28.8 Å². The summed E-state index contributed by atoms with van der Waals surface area (Å²) in [4.78, 5) is 187. The third-order valence-electron chi connectivity index (χ3n) is 22.2. The lowest BCUT2D eigenvalue weighted by Crippen LogP contribution is -2.73. The van der Waals surface area contributed by atoms with Crippen LogP contribution in [0.15, 0.2) is 255 Å². The zero-order chi connectivity index (χ0) is 84.3. The van der Waals surface area contributed by atoms with E-state index >= 15 is 43.2 Å². The van der Waals surface area contributed by atoms with Crippen LogP contribution in [0.5, 0.6) is 0 Å². The summed E-state index contributed by atoms with van der Waals surface area (Å²) in [6.07, 6.45) is -24.6. The molecule has 0 bridgehead atoms. The largest absolute Gasteiger partial charge is 0.459 e. The maximum atomic E-state index is 16.1. The number of benzene rings is 9. The zero-order valence-corrected chi connectivity index (χ0v) is 66.6. The molecule has 6 aliphatic rings. The van der Waals surface area contributed by atoms with Gasteiger partial charge in [0.05, 0.1) is 66.8 Å². The molecule has 0 aliphatic carbocycles. The van der Waals surface area contributed by atoms with Crippen molar-refractivity contribution < 1.29 is 119 Å². The van der Waals surface area contributed by atoms with Gasteiger partial charge in [-0.2, -0.15) is 0 Å². The molecular formula is C91H81N3O25Si. The lowest BCUT2D eigenvalue weighted by Gasteiger charge is -2.54. The van der Waals surface area contributed by atoms with Gasteiger partial charge in [-0.3, -0.25) is 43.5 Å². The van der Waals surface area contributed by atoms with E-state index in [-0.39, 0.29) is 66.8 Å². The Kier molecular flexibility index (Phi) is 24.0. The van der Waals surface area contributed by atoms with Crippen molar-refractivity contribution >= 4 is 79.6 Å². The van der Waals surface area contributed by atoms with E-state index in [9.17, 15) is 14.4 Å². The van der Waals surface area contributed by atoms with Crippen LogP contribution >= 0.6 is 0 Å². The molecule has 3 saturated heterocycles. The molecule has 29 heteroatoms. The van der Waals surface area contributed by atoms with Crippen LogP contribution in [-0.2, 0) is 61.3 Å². The average Bonchev–Trinajstić information content (AvgIpc) is 1.62. The van der Waals surface area contributed by atoms with E-state index in [1.807, 2.05) is 33.9 Å². The van der Waals surface area contributed by atoms with Gasteiger partial charge < -0.3 is 61.3 Å². The molecule has 15 atom stereocenters. The molecule has 614 valence electrons. The fourth-order valence-electron chi connectivity index (χ4n) is 15.2. The van der Waals surface area contributed by atoms with Gasteiger partial charge in [0.2, 0.25) is 0 Å². The number of ether oxygens (including phenoxy) is 12. The molecule has 9 aromatic carbocycles. The Morgan fingerprint density at radius 1 is 0.308 bits per heavy atom. The predicted molar refractivity (Wildman–Crippen MR) is 424 cm³/mol. The summed E-state index contributed by atoms with van der Waals surface area (Å²) in [7, 11) is -2.16. The van der Waals surface area contributed by atoms with Gasteiger partial charge in [0.25, 0.3) is 35.4 Å². The molecule has 6 aliphatic heterocycles. The van der Waals surface area contributed by atoms with Crippen molar-refractivity contribution in [2.45, 2.75) is 131 Å². The van der Waals surface area contributed by atoms with Crippen molar-refractivity contribution in [1.29, 1.82) is 0 Å². The summed E-state index contributed by atoms with van der Waals surface area (Å²) in [5.41, 5.74) is -1.06. The lowest BCUT2D eigenvalue weighted by atomic mass is 9.91. The third kappa shape index (κ3) is 16.5. The van der Waals surface area contributed by atoms with Crippen LogP contribution in [0.4, 0.5) is 0 Å². The summed E-state index contributed by atoms with van der Waals surface area (Å²) in [5, 5.41) is -0.691. The first-order valence-corrected chi connectivity index (χ1v) is 41.6. The summed E-state index contributed by atoms with van der Waals surface area (Å²) in [6.45, 7) is 6.82. The number of esters is 6. The maximum absolute atomic E-state index is 16.1. The Balaban J connectivity index is 0.958. The number of hydrogen-bond donors (Lipinski definition) is 0. The molecule has 15 rings (SSSR count). The number of imide groups is 3. The molecule has 120 heavy (non-hydrogen) atoms. The SMILES string of the molecule is COC1OC(COC(=O)c2ccccc2)C(OC2OC(COC(=O)c3ccccc3)C(OC3OC(COC(=O)c4ccccc4)C(O[Si](C)(C)C(C)(C)C)C(OC(=O)c4ccccc4)C3N3C(=O)c4ccccc4C3=O)C(OC(=O)c3ccccc3)C2N2C(=O)c3ccccc3C2=O)C(OC(=O)c2ccccc2)C1N1C(=O)c2ccccc2C1=O. The standard InChI is InChI=1S/C91H81N3O25Si/c1-91(2,3)120(5,6)119-72-66(51-110-84(103)54-35-17-9-18-36-54)113-90(69(75(72)116-87(106)57-41-23-12-24-42-57)94-80(99)62-47-29-30-48-63(62)81(94)100)118-71-65(50-109-83(102)53-33-15-8-16-34-53)112-89(68(74(71)115-86(105)56-39-21-11-22-40-56)93-78(97)60-45-27-28-46-61(60)79(93)98)117-70-64(49-108-82(101)52-31-13-7-14-32-52)111-88(107-4)67(73(70)114-85(104)55-37-19-10-20-38-55)92-76(95)58-43-25-26-44-59(58)77(92)96/h7-48,64-75,88-90H,49-51H2,1-6H3. The van der Waals surface area contributed by atoms with E-state index in [0.29, 0.717) is 4.90 Å². The van der Waals surface area contributed by atoms with Gasteiger partial charge in [0.15, 0.2) is 45.5 Å². The van der Waals surface area contributed by atoms with Gasteiger partial charge in [0.1, 0.15) is 74.6 Å². The minimum absolute atomic E-state index is 0.0261. The van der Waals surface area contributed by atoms with Crippen LogP contribution in [0, 0.1) is 0 Å². The molecule has 6 amide bonds. The molecule has 0 radical (unpaired) electrons. The normalized spacial score (nSPS) is 24.6. The fourth-order valence-corrected chi connectivity index (χ4v) is 16.5. The minimum Gasteiger partial charge on any atom is -0.459 e. The van der Waals surface area contributed by atoms with Crippen LogP contribution < -0.4 is 0 Å². The zero-order valence-electron chi connectivity index (χ0n) is 65.6. The van der Waals surface area contributed by atoms with Crippen LogP contribution in [0.1, 0.15) is 145 Å². The smallest absolute Gasteiger partial charge is 0.338 e. The van der Waals surface area contributed by atoms with Gasteiger partial charge in [-0.15, -0.1) is 0 Å². The van der Waals surface area contributed by atoms with E-state index < -0.39 is 196 Å². The average molecular weight is 1640 g/mol. The van der Waals surface area contributed by atoms with Crippen molar-refractivity contribution in [3.8, 4) is 0 Å². The fraction of sp³-hybridized carbons (Fsp3) is 0.275. The molecule has 0 spiro atoms. The van der Waals surface area contributed by atoms with Crippen molar-refractivity contribution in [3.63, 3.8) is 0 Å². The molecule has 0 saturated carbocycles.